The number of hydrogen-bond donors (Lipinski definition) is 2. The third-order valence-corrected chi connectivity index (χ3v) is 4.54. The lowest BCUT2D eigenvalue weighted by molar-refractivity contribution is -0.145. The average Bonchev–Trinajstić information content (AvgIpc) is 2.66. The van der Waals surface area contributed by atoms with Crippen molar-refractivity contribution in [3.8, 4) is 0 Å². The predicted molar refractivity (Wildman–Crippen MR) is 113 cm³/mol. The molecular weight excluding hydrogens is 428 g/mol. The van der Waals surface area contributed by atoms with Gasteiger partial charge in [0.25, 0.3) is 0 Å². The molecule has 0 aromatic heterocycles. The lowest BCUT2D eigenvalue weighted by Gasteiger charge is -2.10. The van der Waals surface area contributed by atoms with E-state index in [1.807, 2.05) is 54.6 Å². The van der Waals surface area contributed by atoms with Gasteiger partial charge in [0.05, 0.1) is 18.7 Å². The largest absolute Gasteiger partial charge is 0.466 e. The minimum atomic E-state index is -0.386. The van der Waals surface area contributed by atoms with Gasteiger partial charge in [0.15, 0.2) is 5.11 Å². The van der Waals surface area contributed by atoms with Gasteiger partial charge in [-0.3, -0.25) is 9.59 Å². The topological polar surface area (TPSA) is 67.4 Å². The maximum atomic E-state index is 11.9. The van der Waals surface area contributed by atoms with Crippen molar-refractivity contribution >= 4 is 50.8 Å². The number of para-hydroxylation sites is 1. The number of benzene rings is 2. The second kappa shape index (κ2) is 11.5. The zero-order chi connectivity index (χ0) is 19.5. The molecule has 27 heavy (non-hydrogen) atoms. The highest BCUT2D eigenvalue weighted by Gasteiger charge is 2.10. The number of carbonyl (C=O) groups excluding carboxylic acids is 2. The molecule has 0 bridgehead atoms. The smallest absolute Gasteiger partial charge is 0.306 e. The van der Waals surface area contributed by atoms with Crippen molar-refractivity contribution < 1.29 is 14.3 Å². The van der Waals surface area contributed by atoms with Gasteiger partial charge in [-0.25, -0.2) is 0 Å². The van der Waals surface area contributed by atoms with Crippen LogP contribution in [0, 0.1) is 0 Å². The molecule has 5 nitrogen and oxygen atoms in total. The fraction of sp³-hybridized carbons (Fsp3) is 0.250. The van der Waals surface area contributed by atoms with E-state index in [2.05, 4.69) is 26.6 Å². The number of rotatable bonds is 8. The van der Waals surface area contributed by atoms with E-state index in [9.17, 15) is 9.59 Å². The highest BCUT2D eigenvalue weighted by molar-refractivity contribution is 9.10. The van der Waals surface area contributed by atoms with E-state index < -0.39 is 0 Å². The zero-order valence-corrected chi connectivity index (χ0v) is 17.1. The Kier molecular flexibility index (Phi) is 8.94. The molecule has 0 aliphatic rings. The Labute approximate surface area is 172 Å². The Morgan fingerprint density at radius 1 is 1.00 bits per heavy atom. The van der Waals surface area contributed by atoms with Crippen LogP contribution in [0.5, 0.6) is 0 Å². The first-order chi connectivity index (χ1) is 13.0. The molecule has 2 rings (SSSR count). The van der Waals surface area contributed by atoms with Gasteiger partial charge in [0, 0.05) is 10.9 Å². The summed E-state index contributed by atoms with van der Waals surface area (Å²) >= 11 is 8.49. The second-order valence-electron chi connectivity index (χ2n) is 5.79. The fourth-order valence-electron chi connectivity index (χ4n) is 2.30. The molecule has 0 unspecified atom stereocenters. The molecule has 2 N–H and O–H groups in total. The molecular formula is C20H21BrN2O3S. The number of amides is 1. The van der Waals surface area contributed by atoms with E-state index in [-0.39, 0.29) is 29.8 Å². The Balaban J connectivity index is 1.59. The summed E-state index contributed by atoms with van der Waals surface area (Å²) in [7, 11) is 0. The van der Waals surface area contributed by atoms with Crippen LogP contribution in [0.15, 0.2) is 59.1 Å². The second-order valence-corrected chi connectivity index (χ2v) is 7.05. The third-order valence-electron chi connectivity index (χ3n) is 3.65. The van der Waals surface area contributed by atoms with Crippen LogP contribution in [-0.4, -0.2) is 23.6 Å². The number of esters is 1. The maximum Gasteiger partial charge on any atom is 0.306 e. The molecule has 0 saturated heterocycles. The van der Waals surface area contributed by atoms with E-state index in [1.54, 1.807) is 0 Å². The monoisotopic (exact) mass is 448 g/mol. The van der Waals surface area contributed by atoms with Crippen LogP contribution in [0.3, 0.4) is 0 Å². The molecule has 0 aliphatic carbocycles. The summed E-state index contributed by atoms with van der Waals surface area (Å²) in [6.45, 7) is 0.345. The fourth-order valence-corrected chi connectivity index (χ4v) is 2.91. The third kappa shape index (κ3) is 8.32. The molecule has 0 atom stereocenters. The van der Waals surface area contributed by atoms with Gasteiger partial charge >= 0.3 is 5.97 Å². The lowest BCUT2D eigenvalue weighted by Crippen LogP contribution is -2.34. The number of nitrogens with one attached hydrogen (secondary N) is 2. The quantitative estimate of drug-likeness (QED) is 0.359. The summed E-state index contributed by atoms with van der Waals surface area (Å²) in [5, 5.41) is 5.66. The summed E-state index contributed by atoms with van der Waals surface area (Å²) < 4.78 is 5.99. The van der Waals surface area contributed by atoms with Crippen LogP contribution in [0.25, 0.3) is 0 Å². The highest BCUT2D eigenvalue weighted by atomic mass is 79.9. The summed E-state index contributed by atoms with van der Waals surface area (Å²) in [6.07, 6.45) is 1.65. The number of ether oxygens (including phenoxy) is 1. The molecule has 0 heterocycles. The van der Waals surface area contributed by atoms with Gasteiger partial charge in [-0.05, 0) is 58.7 Å². The Morgan fingerprint density at radius 3 is 2.44 bits per heavy atom. The van der Waals surface area contributed by atoms with E-state index in [0.717, 1.165) is 23.0 Å². The van der Waals surface area contributed by atoms with E-state index >= 15 is 0 Å². The van der Waals surface area contributed by atoms with E-state index in [1.165, 1.54) is 5.56 Å². The van der Waals surface area contributed by atoms with Crippen molar-refractivity contribution in [1.82, 2.24) is 5.32 Å². The van der Waals surface area contributed by atoms with Crippen molar-refractivity contribution in [2.24, 2.45) is 0 Å². The number of halogens is 1. The molecule has 7 heteroatoms. The predicted octanol–water partition coefficient (Wildman–Crippen LogP) is 4.22. The van der Waals surface area contributed by atoms with Crippen LogP contribution in [0.4, 0.5) is 5.69 Å². The van der Waals surface area contributed by atoms with Gasteiger partial charge in [-0.2, -0.15) is 0 Å². The molecule has 0 spiro atoms. The highest BCUT2D eigenvalue weighted by Crippen LogP contribution is 2.20. The minimum absolute atomic E-state index is 0.0226. The summed E-state index contributed by atoms with van der Waals surface area (Å²) in [6, 6.07) is 17.4. The van der Waals surface area contributed by atoms with Crippen LogP contribution in [-0.2, 0) is 20.7 Å². The number of thiocarbonyl (C=S) groups is 1. The van der Waals surface area contributed by atoms with Gasteiger partial charge in [-0.1, -0.05) is 42.5 Å². The lowest BCUT2D eigenvalue weighted by atomic mass is 10.1. The van der Waals surface area contributed by atoms with Gasteiger partial charge in [-0.15, -0.1) is 0 Å². The molecule has 0 fully saturated rings. The Hall–Kier alpha value is -2.25. The van der Waals surface area contributed by atoms with Crippen molar-refractivity contribution in [1.29, 1.82) is 0 Å². The summed E-state index contributed by atoms with van der Waals surface area (Å²) in [5.74, 6) is -0.719. The van der Waals surface area contributed by atoms with Gasteiger partial charge in [0.1, 0.15) is 0 Å². The van der Waals surface area contributed by atoms with Crippen molar-refractivity contribution in [2.75, 3.05) is 11.9 Å². The molecule has 2 aromatic rings. The normalized spacial score (nSPS) is 10.1. The zero-order valence-electron chi connectivity index (χ0n) is 14.7. The van der Waals surface area contributed by atoms with Crippen LogP contribution in [0.2, 0.25) is 0 Å². The Bertz CT molecular complexity index is 784. The average molecular weight is 449 g/mol. The molecule has 0 saturated carbocycles. The Morgan fingerprint density at radius 2 is 1.70 bits per heavy atom. The van der Waals surface area contributed by atoms with Gasteiger partial charge < -0.3 is 15.4 Å². The van der Waals surface area contributed by atoms with Crippen LogP contribution < -0.4 is 10.6 Å². The molecule has 0 radical (unpaired) electrons. The molecule has 142 valence electrons. The minimum Gasteiger partial charge on any atom is -0.466 e. The van der Waals surface area contributed by atoms with Crippen LogP contribution >= 0.6 is 28.1 Å². The number of carbonyl (C=O) groups is 2. The number of anilines is 1. The standard InChI is InChI=1S/C20H21BrN2O3S/c21-16-10-4-5-11-17(16)22-20(27)23-18(24)12-13-19(25)26-14-6-9-15-7-2-1-3-8-15/h1-5,7-8,10-11H,6,9,12-14H2,(H2,22,23,24,27). The maximum absolute atomic E-state index is 11.9. The van der Waals surface area contributed by atoms with Crippen molar-refractivity contribution in [2.45, 2.75) is 25.7 Å². The van der Waals surface area contributed by atoms with Crippen LogP contribution in [0.1, 0.15) is 24.8 Å². The van der Waals surface area contributed by atoms with E-state index in [0.29, 0.717) is 6.61 Å². The first-order valence-corrected chi connectivity index (χ1v) is 9.79. The SMILES string of the molecule is O=C(CCC(=O)OCCCc1ccccc1)NC(=S)Nc1ccccc1Br. The first-order valence-electron chi connectivity index (χ1n) is 8.59. The van der Waals surface area contributed by atoms with Crippen molar-refractivity contribution in [3.63, 3.8) is 0 Å². The van der Waals surface area contributed by atoms with Crippen molar-refractivity contribution in [3.05, 3.63) is 64.6 Å². The summed E-state index contributed by atoms with van der Waals surface area (Å²) in [4.78, 5) is 23.6. The molecule has 0 aliphatic heterocycles. The first kappa shape index (κ1) is 21.1. The molecule has 1 amide bonds. The van der Waals surface area contributed by atoms with E-state index in [4.69, 9.17) is 17.0 Å². The molecule has 2 aromatic carbocycles. The number of hydrogen-bond acceptors (Lipinski definition) is 4. The summed E-state index contributed by atoms with van der Waals surface area (Å²) in [5.41, 5.74) is 1.96. The van der Waals surface area contributed by atoms with Gasteiger partial charge in [0.2, 0.25) is 5.91 Å². The number of aryl methyl sites for hydroxylation is 1.